The number of aryl methyl sites for hydroxylation is 1. The van der Waals surface area contributed by atoms with Crippen LogP contribution in [-0.4, -0.2) is 33.7 Å². The minimum atomic E-state index is -0.544. The molecule has 0 aliphatic carbocycles. The van der Waals surface area contributed by atoms with Gasteiger partial charge >= 0.3 is 5.97 Å². The Kier molecular flexibility index (Phi) is 5.56. The van der Waals surface area contributed by atoms with Crippen molar-refractivity contribution in [3.05, 3.63) is 35.7 Å². The lowest BCUT2D eigenvalue weighted by molar-refractivity contribution is -0.155. The predicted molar refractivity (Wildman–Crippen MR) is 91.9 cm³/mol. The van der Waals surface area contributed by atoms with Gasteiger partial charge in [0.25, 0.3) is 5.91 Å². The van der Waals surface area contributed by atoms with Crippen molar-refractivity contribution in [2.45, 2.75) is 52.7 Å². The first-order valence-corrected chi connectivity index (χ1v) is 8.07. The Hall–Kier alpha value is -2.70. The van der Waals surface area contributed by atoms with Crippen molar-refractivity contribution in [1.29, 1.82) is 0 Å². The van der Waals surface area contributed by atoms with Crippen LogP contribution in [0, 0.1) is 6.92 Å². The number of hydrogen-bond acceptors (Lipinski definition) is 6. The van der Waals surface area contributed by atoms with Crippen molar-refractivity contribution in [2.75, 3.05) is 0 Å². The van der Waals surface area contributed by atoms with Crippen LogP contribution in [0.1, 0.15) is 50.4 Å². The largest absolute Gasteiger partial charge is 0.460 e. The summed E-state index contributed by atoms with van der Waals surface area (Å²) in [6.45, 7) is 8.87. The van der Waals surface area contributed by atoms with E-state index in [1.165, 1.54) is 0 Å². The quantitative estimate of drug-likeness (QED) is 0.837. The molecule has 0 unspecified atom stereocenters. The van der Waals surface area contributed by atoms with Gasteiger partial charge < -0.3 is 14.6 Å². The standard InChI is InChI=1S/C18H23N3O4/c1-11(9-15(22)24-18(3,4)5)19-17(23)14-8-6-7-13(10-14)16-20-12(2)25-21-16/h6-8,10-11H,9H2,1-5H3,(H,19,23)/t11-/m1/s1. The number of amides is 1. The van der Waals surface area contributed by atoms with Gasteiger partial charge in [0.05, 0.1) is 6.42 Å². The summed E-state index contributed by atoms with van der Waals surface area (Å²) in [6.07, 6.45) is 0.104. The molecule has 134 valence electrons. The van der Waals surface area contributed by atoms with Crippen molar-refractivity contribution in [3.63, 3.8) is 0 Å². The first-order chi connectivity index (χ1) is 11.6. The van der Waals surface area contributed by atoms with Crippen LogP contribution in [0.3, 0.4) is 0 Å². The maximum atomic E-state index is 12.4. The maximum absolute atomic E-state index is 12.4. The second-order valence-corrected chi connectivity index (χ2v) is 6.88. The third-order valence-corrected chi connectivity index (χ3v) is 3.18. The first-order valence-electron chi connectivity index (χ1n) is 8.07. The number of carbonyl (C=O) groups excluding carboxylic acids is 2. The second-order valence-electron chi connectivity index (χ2n) is 6.88. The van der Waals surface area contributed by atoms with E-state index in [9.17, 15) is 9.59 Å². The van der Waals surface area contributed by atoms with Crippen molar-refractivity contribution < 1.29 is 18.8 Å². The zero-order valence-electron chi connectivity index (χ0n) is 15.1. The van der Waals surface area contributed by atoms with Gasteiger partial charge in [0.1, 0.15) is 5.60 Å². The number of esters is 1. The van der Waals surface area contributed by atoms with Crippen LogP contribution >= 0.6 is 0 Å². The van der Waals surface area contributed by atoms with E-state index >= 15 is 0 Å². The first kappa shape index (κ1) is 18.6. The monoisotopic (exact) mass is 345 g/mol. The molecule has 0 radical (unpaired) electrons. The highest BCUT2D eigenvalue weighted by atomic mass is 16.6. The van der Waals surface area contributed by atoms with E-state index < -0.39 is 5.60 Å². The Balaban J connectivity index is 2.00. The number of rotatable bonds is 5. The Morgan fingerprint density at radius 3 is 2.64 bits per heavy atom. The molecule has 0 saturated heterocycles. The molecule has 1 heterocycles. The van der Waals surface area contributed by atoms with Gasteiger partial charge in [-0.1, -0.05) is 17.3 Å². The van der Waals surface area contributed by atoms with Crippen LogP contribution in [0.25, 0.3) is 11.4 Å². The van der Waals surface area contributed by atoms with Gasteiger partial charge in [-0.25, -0.2) is 0 Å². The fraction of sp³-hybridized carbons (Fsp3) is 0.444. The fourth-order valence-corrected chi connectivity index (χ4v) is 2.21. The van der Waals surface area contributed by atoms with Gasteiger partial charge in [-0.05, 0) is 39.8 Å². The molecule has 7 heteroatoms. The Bertz CT molecular complexity index is 762. The van der Waals surface area contributed by atoms with E-state index in [0.29, 0.717) is 22.8 Å². The molecule has 1 aromatic carbocycles. The van der Waals surface area contributed by atoms with E-state index in [2.05, 4.69) is 15.5 Å². The number of hydrogen-bond donors (Lipinski definition) is 1. The van der Waals surface area contributed by atoms with E-state index in [1.807, 2.05) is 0 Å². The summed E-state index contributed by atoms with van der Waals surface area (Å²) >= 11 is 0. The van der Waals surface area contributed by atoms with Crippen LogP contribution in [0.2, 0.25) is 0 Å². The molecular weight excluding hydrogens is 322 g/mol. The number of carbonyl (C=O) groups is 2. The molecule has 1 N–H and O–H groups in total. The summed E-state index contributed by atoms with van der Waals surface area (Å²) in [7, 11) is 0. The molecule has 0 bridgehead atoms. The number of nitrogens with zero attached hydrogens (tertiary/aromatic N) is 2. The highest BCUT2D eigenvalue weighted by Crippen LogP contribution is 2.17. The van der Waals surface area contributed by atoms with E-state index in [4.69, 9.17) is 9.26 Å². The minimum Gasteiger partial charge on any atom is -0.460 e. The van der Waals surface area contributed by atoms with E-state index in [-0.39, 0.29) is 24.3 Å². The molecule has 25 heavy (non-hydrogen) atoms. The van der Waals surface area contributed by atoms with Crippen molar-refractivity contribution in [1.82, 2.24) is 15.5 Å². The molecule has 2 rings (SSSR count). The third kappa shape index (κ3) is 5.70. The zero-order chi connectivity index (χ0) is 18.6. The molecule has 0 aliphatic heterocycles. The summed E-state index contributed by atoms with van der Waals surface area (Å²) in [4.78, 5) is 28.4. The molecule has 1 aromatic heterocycles. The topological polar surface area (TPSA) is 94.3 Å². The molecule has 0 aliphatic rings. The Labute approximate surface area is 146 Å². The van der Waals surface area contributed by atoms with Gasteiger partial charge in [-0.2, -0.15) is 4.98 Å². The molecule has 0 spiro atoms. The van der Waals surface area contributed by atoms with Crippen LogP contribution in [0.5, 0.6) is 0 Å². The number of ether oxygens (including phenoxy) is 1. The second kappa shape index (κ2) is 7.46. The van der Waals surface area contributed by atoms with Gasteiger partial charge in [0, 0.05) is 24.1 Å². The summed E-state index contributed by atoms with van der Waals surface area (Å²) in [6, 6.07) is 6.56. The number of aromatic nitrogens is 2. The fourth-order valence-electron chi connectivity index (χ4n) is 2.21. The molecule has 0 fully saturated rings. The van der Waals surface area contributed by atoms with Gasteiger partial charge in [-0.15, -0.1) is 0 Å². The number of nitrogens with one attached hydrogen (secondary N) is 1. The predicted octanol–water partition coefficient (Wildman–Crippen LogP) is 2.90. The Morgan fingerprint density at radius 2 is 2.04 bits per heavy atom. The highest BCUT2D eigenvalue weighted by Gasteiger charge is 2.20. The van der Waals surface area contributed by atoms with E-state index in [1.54, 1.807) is 58.9 Å². The normalized spacial score (nSPS) is 12.5. The van der Waals surface area contributed by atoms with Crippen LogP contribution in [0.4, 0.5) is 0 Å². The zero-order valence-corrected chi connectivity index (χ0v) is 15.1. The molecule has 7 nitrogen and oxygen atoms in total. The third-order valence-electron chi connectivity index (χ3n) is 3.18. The molecule has 0 saturated carbocycles. The molecular formula is C18H23N3O4. The van der Waals surface area contributed by atoms with Crippen molar-refractivity contribution in [3.8, 4) is 11.4 Å². The molecule has 1 amide bonds. The lowest BCUT2D eigenvalue weighted by Gasteiger charge is -2.21. The maximum Gasteiger partial charge on any atom is 0.308 e. The van der Waals surface area contributed by atoms with Crippen LogP contribution in [-0.2, 0) is 9.53 Å². The lowest BCUT2D eigenvalue weighted by Crippen LogP contribution is -2.36. The van der Waals surface area contributed by atoms with Crippen LogP contribution < -0.4 is 5.32 Å². The average molecular weight is 345 g/mol. The number of benzene rings is 1. The summed E-state index contributed by atoms with van der Waals surface area (Å²) in [5.41, 5.74) is 0.595. The van der Waals surface area contributed by atoms with E-state index in [0.717, 1.165) is 0 Å². The summed E-state index contributed by atoms with van der Waals surface area (Å²) in [5.74, 6) is 0.249. The van der Waals surface area contributed by atoms with Gasteiger partial charge in [-0.3, -0.25) is 9.59 Å². The molecule has 2 aromatic rings. The SMILES string of the molecule is Cc1nc(-c2cccc(C(=O)N[C@H](C)CC(=O)OC(C)(C)C)c2)no1. The minimum absolute atomic E-state index is 0.104. The van der Waals surface area contributed by atoms with Crippen LogP contribution in [0.15, 0.2) is 28.8 Å². The summed E-state index contributed by atoms with van der Waals surface area (Å²) < 4.78 is 10.2. The molecule has 1 atom stereocenters. The van der Waals surface area contributed by atoms with Crippen molar-refractivity contribution in [2.24, 2.45) is 0 Å². The smallest absolute Gasteiger partial charge is 0.308 e. The Morgan fingerprint density at radius 1 is 1.32 bits per heavy atom. The van der Waals surface area contributed by atoms with Gasteiger partial charge in [0.15, 0.2) is 0 Å². The van der Waals surface area contributed by atoms with Gasteiger partial charge in [0.2, 0.25) is 11.7 Å². The summed E-state index contributed by atoms with van der Waals surface area (Å²) in [5, 5.41) is 6.63. The lowest BCUT2D eigenvalue weighted by atomic mass is 10.1. The van der Waals surface area contributed by atoms with Crippen molar-refractivity contribution >= 4 is 11.9 Å². The average Bonchev–Trinajstić information content (AvgIpc) is 2.91. The highest BCUT2D eigenvalue weighted by molar-refractivity contribution is 5.95.